The number of likely N-dealkylation sites (tertiary alicyclic amines) is 1. The lowest BCUT2D eigenvalue weighted by molar-refractivity contribution is 0.0854. The first-order valence-corrected chi connectivity index (χ1v) is 8.94. The smallest absolute Gasteiger partial charge is 0.409 e. The summed E-state index contributed by atoms with van der Waals surface area (Å²) in [7, 11) is 1.59. The van der Waals surface area contributed by atoms with Gasteiger partial charge in [-0.15, -0.1) is 0 Å². The molecule has 1 saturated heterocycles. The number of hydrogen-bond acceptors (Lipinski definition) is 6. The average molecular weight is 373 g/mol. The number of aromatic nitrogens is 1. The molecule has 0 bridgehead atoms. The van der Waals surface area contributed by atoms with Crippen LogP contribution < -0.4 is 10.1 Å². The van der Waals surface area contributed by atoms with Crippen molar-refractivity contribution in [3.8, 4) is 17.1 Å². The minimum absolute atomic E-state index is 0.0138. The van der Waals surface area contributed by atoms with E-state index in [1.165, 1.54) is 0 Å². The van der Waals surface area contributed by atoms with Crippen molar-refractivity contribution >= 4 is 12.0 Å². The first kappa shape index (κ1) is 18.8. The van der Waals surface area contributed by atoms with Gasteiger partial charge in [0, 0.05) is 30.8 Å². The van der Waals surface area contributed by atoms with Gasteiger partial charge in [-0.2, -0.15) is 0 Å². The Kier molecular flexibility index (Phi) is 5.95. The number of rotatable bonds is 5. The Bertz CT molecular complexity index is 796. The Labute approximate surface area is 157 Å². The second kappa shape index (κ2) is 8.57. The third kappa shape index (κ3) is 4.58. The number of benzene rings is 1. The van der Waals surface area contributed by atoms with Gasteiger partial charge in [-0.1, -0.05) is 17.3 Å². The van der Waals surface area contributed by atoms with Crippen LogP contribution in [0.4, 0.5) is 4.79 Å². The van der Waals surface area contributed by atoms with Gasteiger partial charge in [0.15, 0.2) is 11.5 Å². The van der Waals surface area contributed by atoms with Gasteiger partial charge in [0.05, 0.1) is 13.7 Å². The SMILES string of the molecule is CCOC(=O)N1CCC(NC(=O)c2cc(-c3cccc(OC)c3)on2)CC1. The van der Waals surface area contributed by atoms with E-state index in [1.807, 2.05) is 24.3 Å². The number of nitrogens with zero attached hydrogens (tertiary/aromatic N) is 2. The van der Waals surface area contributed by atoms with Crippen molar-refractivity contribution in [2.45, 2.75) is 25.8 Å². The molecule has 1 aromatic carbocycles. The number of piperidine rings is 1. The Morgan fingerprint density at radius 3 is 2.78 bits per heavy atom. The molecule has 0 radical (unpaired) electrons. The van der Waals surface area contributed by atoms with Gasteiger partial charge >= 0.3 is 6.09 Å². The molecule has 1 N–H and O–H groups in total. The molecule has 27 heavy (non-hydrogen) atoms. The second-order valence-electron chi connectivity index (χ2n) is 6.24. The van der Waals surface area contributed by atoms with Crippen LogP contribution in [-0.2, 0) is 4.74 Å². The maximum Gasteiger partial charge on any atom is 0.409 e. The van der Waals surface area contributed by atoms with E-state index < -0.39 is 0 Å². The third-order valence-corrected chi connectivity index (χ3v) is 4.45. The summed E-state index contributed by atoms with van der Waals surface area (Å²) in [5, 5.41) is 6.82. The number of ether oxygens (including phenoxy) is 2. The number of methoxy groups -OCH3 is 1. The molecule has 0 atom stereocenters. The summed E-state index contributed by atoms with van der Waals surface area (Å²) < 4.78 is 15.5. The van der Waals surface area contributed by atoms with Crippen molar-refractivity contribution in [2.24, 2.45) is 0 Å². The summed E-state index contributed by atoms with van der Waals surface area (Å²) in [5.74, 6) is 0.905. The monoisotopic (exact) mass is 373 g/mol. The fraction of sp³-hybridized carbons (Fsp3) is 0.421. The molecule has 3 rings (SSSR count). The van der Waals surface area contributed by atoms with Crippen LogP contribution >= 0.6 is 0 Å². The summed E-state index contributed by atoms with van der Waals surface area (Å²) >= 11 is 0. The summed E-state index contributed by atoms with van der Waals surface area (Å²) in [6, 6.07) is 8.94. The van der Waals surface area contributed by atoms with Crippen molar-refractivity contribution in [1.29, 1.82) is 0 Å². The molecule has 2 heterocycles. The van der Waals surface area contributed by atoms with Crippen molar-refractivity contribution in [2.75, 3.05) is 26.8 Å². The predicted octanol–water partition coefficient (Wildman–Crippen LogP) is 2.70. The maximum absolute atomic E-state index is 12.4. The number of carbonyl (C=O) groups excluding carboxylic acids is 2. The largest absolute Gasteiger partial charge is 0.497 e. The lowest BCUT2D eigenvalue weighted by Gasteiger charge is -2.31. The standard InChI is InChI=1S/C19H23N3O5/c1-3-26-19(24)22-9-7-14(8-10-22)20-18(23)16-12-17(27-21-16)13-5-4-6-15(11-13)25-2/h4-6,11-12,14H,3,7-10H2,1-2H3,(H,20,23). The predicted molar refractivity (Wildman–Crippen MR) is 97.6 cm³/mol. The van der Waals surface area contributed by atoms with E-state index in [0.717, 1.165) is 5.56 Å². The lowest BCUT2D eigenvalue weighted by atomic mass is 10.1. The summed E-state index contributed by atoms with van der Waals surface area (Å²) in [6.45, 7) is 3.25. The van der Waals surface area contributed by atoms with E-state index in [-0.39, 0.29) is 23.7 Å². The van der Waals surface area contributed by atoms with Gasteiger partial charge in [0.2, 0.25) is 0 Å². The fourth-order valence-corrected chi connectivity index (χ4v) is 2.98. The highest BCUT2D eigenvalue weighted by atomic mass is 16.6. The quantitative estimate of drug-likeness (QED) is 0.866. The molecule has 1 fully saturated rings. The zero-order valence-electron chi connectivity index (χ0n) is 15.4. The zero-order chi connectivity index (χ0) is 19.2. The first-order valence-electron chi connectivity index (χ1n) is 8.94. The zero-order valence-corrected chi connectivity index (χ0v) is 15.4. The molecule has 0 unspecified atom stereocenters. The molecule has 2 aromatic rings. The Hall–Kier alpha value is -3.03. The highest BCUT2D eigenvalue weighted by Gasteiger charge is 2.25. The Morgan fingerprint density at radius 1 is 1.30 bits per heavy atom. The molecule has 144 valence electrons. The van der Waals surface area contributed by atoms with E-state index >= 15 is 0 Å². The third-order valence-electron chi connectivity index (χ3n) is 4.45. The van der Waals surface area contributed by atoms with E-state index in [1.54, 1.807) is 25.0 Å². The van der Waals surface area contributed by atoms with Crippen LogP contribution in [0.5, 0.6) is 5.75 Å². The molecule has 1 aliphatic rings. The molecule has 0 spiro atoms. The van der Waals surface area contributed by atoms with Crippen LogP contribution in [0.25, 0.3) is 11.3 Å². The Balaban J connectivity index is 1.56. The maximum atomic E-state index is 12.4. The molecular weight excluding hydrogens is 350 g/mol. The van der Waals surface area contributed by atoms with Crippen LogP contribution in [0.3, 0.4) is 0 Å². The van der Waals surface area contributed by atoms with E-state index in [4.69, 9.17) is 14.0 Å². The first-order chi connectivity index (χ1) is 13.1. The van der Waals surface area contributed by atoms with Crippen LogP contribution in [0, 0.1) is 0 Å². The molecule has 1 aromatic heterocycles. The molecule has 2 amide bonds. The van der Waals surface area contributed by atoms with Crippen LogP contribution in [0.2, 0.25) is 0 Å². The highest BCUT2D eigenvalue weighted by Crippen LogP contribution is 2.24. The molecule has 0 aliphatic carbocycles. The Morgan fingerprint density at radius 2 is 2.07 bits per heavy atom. The van der Waals surface area contributed by atoms with Crippen molar-refractivity contribution in [1.82, 2.24) is 15.4 Å². The number of amides is 2. The number of hydrogen-bond donors (Lipinski definition) is 1. The minimum Gasteiger partial charge on any atom is -0.497 e. The number of nitrogens with one attached hydrogen (secondary N) is 1. The van der Waals surface area contributed by atoms with Gasteiger partial charge in [0.1, 0.15) is 5.75 Å². The second-order valence-corrected chi connectivity index (χ2v) is 6.24. The van der Waals surface area contributed by atoms with Crippen LogP contribution in [0.1, 0.15) is 30.3 Å². The summed E-state index contributed by atoms with van der Waals surface area (Å²) in [6.07, 6.45) is 1.04. The van der Waals surface area contributed by atoms with Crippen molar-refractivity contribution in [3.05, 3.63) is 36.0 Å². The summed E-state index contributed by atoms with van der Waals surface area (Å²) in [5.41, 5.74) is 1.00. The van der Waals surface area contributed by atoms with E-state index in [2.05, 4.69) is 10.5 Å². The van der Waals surface area contributed by atoms with Crippen molar-refractivity contribution < 1.29 is 23.6 Å². The van der Waals surface area contributed by atoms with Crippen molar-refractivity contribution in [3.63, 3.8) is 0 Å². The normalized spacial score (nSPS) is 14.7. The van der Waals surface area contributed by atoms with E-state index in [9.17, 15) is 9.59 Å². The van der Waals surface area contributed by atoms with Gasteiger partial charge < -0.3 is 24.2 Å². The topological polar surface area (TPSA) is 93.9 Å². The number of carbonyl (C=O) groups is 2. The molecule has 1 aliphatic heterocycles. The molecule has 0 saturated carbocycles. The van der Waals surface area contributed by atoms with Gasteiger partial charge in [0.25, 0.3) is 5.91 Å². The van der Waals surface area contributed by atoms with E-state index in [0.29, 0.717) is 44.0 Å². The molecular formula is C19H23N3O5. The fourth-order valence-electron chi connectivity index (χ4n) is 2.98. The van der Waals surface area contributed by atoms with Gasteiger partial charge in [-0.3, -0.25) is 4.79 Å². The average Bonchev–Trinajstić information content (AvgIpc) is 3.19. The van der Waals surface area contributed by atoms with Gasteiger partial charge in [-0.05, 0) is 31.9 Å². The minimum atomic E-state index is -0.304. The van der Waals surface area contributed by atoms with Gasteiger partial charge in [-0.25, -0.2) is 4.79 Å². The highest BCUT2D eigenvalue weighted by molar-refractivity contribution is 5.93. The van der Waals surface area contributed by atoms with Crippen LogP contribution in [0.15, 0.2) is 34.9 Å². The molecule has 8 heteroatoms. The lowest BCUT2D eigenvalue weighted by Crippen LogP contribution is -2.46. The molecule has 8 nitrogen and oxygen atoms in total. The summed E-state index contributed by atoms with van der Waals surface area (Å²) in [4.78, 5) is 25.8. The van der Waals surface area contributed by atoms with Crippen LogP contribution in [-0.4, -0.2) is 54.9 Å².